The zero-order valence-corrected chi connectivity index (χ0v) is 18.3. The number of hydrogen-bond donors (Lipinski definition) is 3. The Bertz CT molecular complexity index is 1160. The summed E-state index contributed by atoms with van der Waals surface area (Å²) in [4.78, 5) is 35.9. The third-order valence-corrected chi connectivity index (χ3v) is 5.50. The number of carboxylic acids is 1. The summed E-state index contributed by atoms with van der Waals surface area (Å²) in [6.45, 7) is -0.0876. The van der Waals surface area contributed by atoms with Crippen molar-refractivity contribution in [3.05, 3.63) is 77.2 Å². The fourth-order valence-corrected chi connectivity index (χ4v) is 3.93. The number of hydrogen-bond acceptors (Lipinski definition) is 7. The molecule has 2 amide bonds. The number of aromatic nitrogens is 1. The van der Waals surface area contributed by atoms with Gasteiger partial charge in [-0.1, -0.05) is 53.7 Å². The molecule has 1 aliphatic rings. The number of rotatable bonds is 9. The number of carbonyl (C=O) groups is 3. The van der Waals surface area contributed by atoms with Crippen molar-refractivity contribution in [3.63, 3.8) is 0 Å². The van der Waals surface area contributed by atoms with Gasteiger partial charge in [-0.05, 0) is 22.3 Å². The first kappa shape index (κ1) is 23.0. The molecular formula is C24H23N3O7. The molecule has 1 aromatic heterocycles. The predicted octanol–water partition coefficient (Wildman–Crippen LogP) is 2.54. The largest absolute Gasteiger partial charge is 0.476 e. The first-order valence-corrected chi connectivity index (χ1v) is 10.5. The SMILES string of the molecule is COCC(NC(=O)OCC1c2ccccc2-c2ccccc21)C(=O)NCc1cc(C(=O)O)no1. The molecule has 0 aliphatic heterocycles. The number of carboxylic acid groups (broad SMARTS) is 1. The average molecular weight is 465 g/mol. The zero-order chi connectivity index (χ0) is 24.1. The van der Waals surface area contributed by atoms with Crippen LogP contribution >= 0.6 is 0 Å². The number of methoxy groups -OCH3 is 1. The molecule has 0 fully saturated rings. The fourth-order valence-electron chi connectivity index (χ4n) is 3.93. The minimum atomic E-state index is -1.24. The van der Waals surface area contributed by atoms with Crippen LogP contribution in [0.25, 0.3) is 11.1 Å². The standard InChI is InChI=1S/C24H23N3O7/c1-32-13-21(22(28)25-11-14-10-20(23(29)30)27-34-14)26-24(31)33-12-19-17-8-4-2-6-15(17)16-7-3-5-9-18(16)19/h2-10,19,21H,11-13H2,1H3,(H,25,28)(H,26,31)(H,29,30). The lowest BCUT2D eigenvalue weighted by Crippen LogP contribution is -2.49. The topological polar surface area (TPSA) is 140 Å². The van der Waals surface area contributed by atoms with Crippen LogP contribution in [0.4, 0.5) is 4.79 Å². The highest BCUT2D eigenvalue weighted by Crippen LogP contribution is 2.44. The van der Waals surface area contributed by atoms with E-state index in [-0.39, 0.29) is 37.1 Å². The molecule has 1 atom stereocenters. The van der Waals surface area contributed by atoms with E-state index in [1.165, 1.54) is 13.2 Å². The molecule has 1 unspecified atom stereocenters. The van der Waals surface area contributed by atoms with Gasteiger partial charge in [0.1, 0.15) is 12.6 Å². The van der Waals surface area contributed by atoms with Gasteiger partial charge in [0.15, 0.2) is 11.5 Å². The van der Waals surface area contributed by atoms with Crippen LogP contribution in [0.1, 0.15) is 33.3 Å². The zero-order valence-electron chi connectivity index (χ0n) is 18.3. The van der Waals surface area contributed by atoms with E-state index < -0.39 is 24.0 Å². The second kappa shape index (κ2) is 10.2. The van der Waals surface area contributed by atoms with Crippen molar-refractivity contribution in [1.82, 2.24) is 15.8 Å². The van der Waals surface area contributed by atoms with Crippen molar-refractivity contribution in [3.8, 4) is 11.1 Å². The van der Waals surface area contributed by atoms with Gasteiger partial charge in [-0.2, -0.15) is 0 Å². The number of ether oxygens (including phenoxy) is 2. The molecule has 176 valence electrons. The van der Waals surface area contributed by atoms with Crippen molar-refractivity contribution in [2.24, 2.45) is 0 Å². The Morgan fingerprint density at radius 2 is 1.74 bits per heavy atom. The Morgan fingerprint density at radius 3 is 2.32 bits per heavy atom. The quantitative estimate of drug-likeness (QED) is 0.438. The second-order valence-electron chi connectivity index (χ2n) is 7.68. The van der Waals surface area contributed by atoms with Gasteiger partial charge in [0.05, 0.1) is 13.2 Å². The van der Waals surface area contributed by atoms with Crippen LogP contribution < -0.4 is 10.6 Å². The molecule has 3 aromatic rings. The number of aromatic carboxylic acids is 1. The maximum Gasteiger partial charge on any atom is 0.407 e. The normalized spacial score (nSPS) is 13.0. The molecular weight excluding hydrogens is 442 g/mol. The average Bonchev–Trinajstić information content (AvgIpc) is 3.44. The summed E-state index contributed by atoms with van der Waals surface area (Å²) in [5.74, 6) is -1.75. The molecule has 1 aliphatic carbocycles. The summed E-state index contributed by atoms with van der Waals surface area (Å²) in [6.07, 6.45) is -0.758. The van der Waals surface area contributed by atoms with Crippen LogP contribution in [0, 0.1) is 0 Å². The van der Waals surface area contributed by atoms with E-state index in [0.717, 1.165) is 22.3 Å². The van der Waals surface area contributed by atoms with E-state index in [1.807, 2.05) is 48.5 Å². The minimum Gasteiger partial charge on any atom is -0.476 e. The van der Waals surface area contributed by atoms with Crippen LogP contribution in [-0.4, -0.2) is 54.6 Å². The van der Waals surface area contributed by atoms with E-state index in [2.05, 4.69) is 15.8 Å². The van der Waals surface area contributed by atoms with E-state index in [0.29, 0.717) is 0 Å². The molecule has 10 nitrogen and oxygen atoms in total. The number of alkyl carbamates (subject to hydrolysis) is 1. The third-order valence-electron chi connectivity index (χ3n) is 5.50. The molecule has 34 heavy (non-hydrogen) atoms. The lowest BCUT2D eigenvalue weighted by Gasteiger charge is -2.19. The summed E-state index contributed by atoms with van der Waals surface area (Å²) in [5.41, 5.74) is 4.12. The van der Waals surface area contributed by atoms with Gasteiger partial charge < -0.3 is 29.7 Å². The minimum absolute atomic E-state index is 0.0905. The molecule has 0 bridgehead atoms. The maximum absolute atomic E-state index is 12.5. The van der Waals surface area contributed by atoms with Crippen LogP contribution in [-0.2, 0) is 20.8 Å². The van der Waals surface area contributed by atoms with Crippen LogP contribution in [0.3, 0.4) is 0 Å². The van der Waals surface area contributed by atoms with Gasteiger partial charge in [-0.25, -0.2) is 9.59 Å². The molecule has 10 heteroatoms. The highest BCUT2D eigenvalue weighted by atomic mass is 16.5. The lowest BCUT2D eigenvalue weighted by molar-refractivity contribution is -0.124. The van der Waals surface area contributed by atoms with Gasteiger partial charge in [0.2, 0.25) is 5.91 Å². The summed E-state index contributed by atoms with van der Waals surface area (Å²) >= 11 is 0. The van der Waals surface area contributed by atoms with Gasteiger partial charge >= 0.3 is 12.1 Å². The number of nitrogens with zero attached hydrogens (tertiary/aromatic N) is 1. The van der Waals surface area contributed by atoms with Crippen LogP contribution in [0.2, 0.25) is 0 Å². The fraction of sp³-hybridized carbons (Fsp3) is 0.250. The number of nitrogens with one attached hydrogen (secondary N) is 2. The summed E-state index contributed by atoms with van der Waals surface area (Å²) < 4.78 is 15.4. The number of carbonyl (C=O) groups excluding carboxylic acids is 2. The lowest BCUT2D eigenvalue weighted by atomic mass is 9.98. The Kier molecular flexibility index (Phi) is 6.88. The second-order valence-corrected chi connectivity index (χ2v) is 7.68. The highest BCUT2D eigenvalue weighted by Gasteiger charge is 2.30. The van der Waals surface area contributed by atoms with Crippen molar-refractivity contribution >= 4 is 18.0 Å². The smallest absolute Gasteiger partial charge is 0.407 e. The number of fused-ring (bicyclic) bond motifs is 3. The van der Waals surface area contributed by atoms with Crippen LogP contribution in [0.15, 0.2) is 59.1 Å². The molecule has 0 spiro atoms. The van der Waals surface area contributed by atoms with Crippen molar-refractivity contribution in [2.45, 2.75) is 18.5 Å². The van der Waals surface area contributed by atoms with Crippen molar-refractivity contribution < 1.29 is 33.5 Å². The Labute approximate surface area is 194 Å². The molecule has 0 saturated heterocycles. The Hall–Kier alpha value is -4.18. The number of amides is 2. The molecule has 0 saturated carbocycles. The molecule has 3 N–H and O–H groups in total. The summed E-state index contributed by atoms with van der Waals surface area (Å²) in [6, 6.07) is 16.1. The van der Waals surface area contributed by atoms with E-state index in [9.17, 15) is 14.4 Å². The van der Waals surface area contributed by atoms with Gasteiger partial charge in [0, 0.05) is 19.1 Å². The highest BCUT2D eigenvalue weighted by molar-refractivity contribution is 5.86. The van der Waals surface area contributed by atoms with E-state index in [4.69, 9.17) is 19.1 Å². The summed E-state index contributed by atoms with van der Waals surface area (Å²) in [7, 11) is 1.40. The van der Waals surface area contributed by atoms with E-state index >= 15 is 0 Å². The first-order valence-electron chi connectivity index (χ1n) is 10.5. The molecule has 4 rings (SSSR count). The van der Waals surface area contributed by atoms with Gasteiger partial charge in [-0.15, -0.1) is 0 Å². The Morgan fingerprint density at radius 1 is 1.09 bits per heavy atom. The molecule has 1 heterocycles. The third kappa shape index (κ3) is 4.91. The van der Waals surface area contributed by atoms with E-state index in [1.54, 1.807) is 0 Å². The van der Waals surface area contributed by atoms with Gasteiger partial charge in [-0.3, -0.25) is 4.79 Å². The molecule has 2 aromatic carbocycles. The van der Waals surface area contributed by atoms with Crippen LogP contribution in [0.5, 0.6) is 0 Å². The maximum atomic E-state index is 12.5. The monoisotopic (exact) mass is 465 g/mol. The number of benzene rings is 2. The van der Waals surface area contributed by atoms with Crippen molar-refractivity contribution in [2.75, 3.05) is 20.3 Å². The summed E-state index contributed by atoms with van der Waals surface area (Å²) in [5, 5.41) is 17.3. The van der Waals surface area contributed by atoms with Gasteiger partial charge in [0.25, 0.3) is 0 Å². The van der Waals surface area contributed by atoms with Crippen molar-refractivity contribution in [1.29, 1.82) is 0 Å². The Balaban J connectivity index is 1.35. The first-order chi connectivity index (χ1) is 16.5. The predicted molar refractivity (Wildman–Crippen MR) is 119 cm³/mol. The molecule has 0 radical (unpaired) electrons.